The molecule has 0 saturated carbocycles. The number of fused-ring (bicyclic) bond motifs is 9. The van der Waals surface area contributed by atoms with Gasteiger partial charge < -0.3 is 9.47 Å². The van der Waals surface area contributed by atoms with Gasteiger partial charge in [-0.2, -0.15) is 0 Å². The van der Waals surface area contributed by atoms with Gasteiger partial charge in [0.05, 0.1) is 16.7 Å². The van der Waals surface area contributed by atoms with E-state index in [1.165, 1.54) is 99.2 Å². The van der Waals surface area contributed by atoms with E-state index >= 15 is 0 Å². The zero-order valence-electron chi connectivity index (χ0n) is 30.2. The van der Waals surface area contributed by atoms with Gasteiger partial charge in [-0.1, -0.05) is 109 Å². The summed E-state index contributed by atoms with van der Waals surface area (Å²) in [5.74, 6) is 0. The van der Waals surface area contributed by atoms with Crippen molar-refractivity contribution in [1.82, 2.24) is 4.57 Å². The number of hydrogen-bond acceptors (Lipinski definition) is 1. The van der Waals surface area contributed by atoms with Gasteiger partial charge in [-0.05, 0) is 153 Å². The molecule has 0 radical (unpaired) electrons. The summed E-state index contributed by atoms with van der Waals surface area (Å²) in [5, 5.41) is 7.58. The Balaban J connectivity index is 1.03. The van der Waals surface area contributed by atoms with Crippen molar-refractivity contribution in [1.29, 1.82) is 0 Å². The molecule has 254 valence electrons. The Morgan fingerprint density at radius 3 is 1.56 bits per heavy atom. The number of hydrogen-bond donors (Lipinski definition) is 0. The molecule has 0 amide bonds. The van der Waals surface area contributed by atoms with E-state index in [0.717, 1.165) is 11.4 Å². The summed E-state index contributed by atoms with van der Waals surface area (Å²) in [7, 11) is 0. The zero-order valence-corrected chi connectivity index (χ0v) is 30.2. The summed E-state index contributed by atoms with van der Waals surface area (Å²) in [5.41, 5.74) is 17.4. The van der Waals surface area contributed by atoms with Crippen LogP contribution in [0.2, 0.25) is 0 Å². The Bertz CT molecular complexity index is 3060. The minimum absolute atomic E-state index is 1.15. The van der Waals surface area contributed by atoms with E-state index in [0.29, 0.717) is 0 Å². The van der Waals surface area contributed by atoms with Crippen molar-refractivity contribution in [3.63, 3.8) is 0 Å². The summed E-state index contributed by atoms with van der Waals surface area (Å²) in [6.45, 7) is 4.43. The van der Waals surface area contributed by atoms with Gasteiger partial charge in [-0.15, -0.1) is 0 Å². The average Bonchev–Trinajstić information content (AvgIpc) is 3.55. The topological polar surface area (TPSA) is 8.17 Å². The minimum atomic E-state index is 1.15. The van der Waals surface area contributed by atoms with Crippen LogP contribution in [-0.2, 0) is 0 Å². The van der Waals surface area contributed by atoms with Crippen molar-refractivity contribution < 1.29 is 0 Å². The lowest BCUT2D eigenvalue weighted by Crippen LogP contribution is -2.13. The van der Waals surface area contributed by atoms with Gasteiger partial charge in [0.1, 0.15) is 0 Å². The molecule has 11 rings (SSSR count). The number of benzene rings is 9. The van der Waals surface area contributed by atoms with Crippen LogP contribution in [0.1, 0.15) is 11.1 Å². The smallest absolute Gasteiger partial charge is 0.0541 e. The monoisotopic (exact) mass is 688 g/mol. The second kappa shape index (κ2) is 11.8. The first kappa shape index (κ1) is 30.7. The quantitative estimate of drug-likeness (QED) is 0.175. The summed E-state index contributed by atoms with van der Waals surface area (Å²) < 4.78 is 2.41. The third-order valence-corrected chi connectivity index (χ3v) is 11.5. The molecule has 0 atom stereocenters. The van der Waals surface area contributed by atoms with Crippen molar-refractivity contribution >= 4 is 60.4 Å². The van der Waals surface area contributed by atoms with Crippen molar-refractivity contribution in [2.45, 2.75) is 13.8 Å². The lowest BCUT2D eigenvalue weighted by Gasteiger charge is -2.30. The molecule has 0 fully saturated rings. The van der Waals surface area contributed by atoms with E-state index in [9.17, 15) is 0 Å². The van der Waals surface area contributed by atoms with Crippen LogP contribution in [0.5, 0.6) is 0 Å². The molecule has 0 spiro atoms. The molecular formula is C52H36N2. The molecule has 10 aromatic rings. The van der Waals surface area contributed by atoms with Crippen molar-refractivity contribution in [2.24, 2.45) is 0 Å². The van der Waals surface area contributed by atoms with Crippen LogP contribution in [0.4, 0.5) is 17.1 Å². The Labute approximate surface area is 314 Å². The summed E-state index contributed by atoms with van der Waals surface area (Å²) in [6.07, 6.45) is 0. The third kappa shape index (κ3) is 4.67. The number of rotatable bonds is 5. The Hall–Kier alpha value is -6.90. The number of nitrogens with zero attached hydrogens (tertiary/aromatic N) is 2. The molecule has 0 N–H and O–H groups in total. The molecular weight excluding hydrogens is 653 g/mol. The lowest BCUT2D eigenvalue weighted by atomic mass is 9.78. The highest BCUT2D eigenvalue weighted by Crippen LogP contribution is 2.51. The fourth-order valence-electron chi connectivity index (χ4n) is 8.90. The van der Waals surface area contributed by atoms with Crippen molar-refractivity contribution in [2.75, 3.05) is 4.90 Å². The van der Waals surface area contributed by atoms with Gasteiger partial charge in [-0.3, -0.25) is 0 Å². The molecule has 0 saturated heterocycles. The van der Waals surface area contributed by atoms with Crippen LogP contribution in [-0.4, -0.2) is 4.57 Å². The fraction of sp³-hybridized carbons (Fsp3) is 0.0385. The number of aromatic nitrogens is 1. The third-order valence-electron chi connectivity index (χ3n) is 11.5. The first-order valence-corrected chi connectivity index (χ1v) is 18.8. The highest BCUT2D eigenvalue weighted by atomic mass is 15.1. The molecule has 2 nitrogen and oxygen atoms in total. The number of aryl methyl sites for hydroxylation is 2. The zero-order chi connectivity index (χ0) is 35.9. The molecule has 0 aliphatic heterocycles. The van der Waals surface area contributed by atoms with Crippen LogP contribution >= 0.6 is 0 Å². The van der Waals surface area contributed by atoms with Crippen LogP contribution in [0.3, 0.4) is 0 Å². The van der Waals surface area contributed by atoms with Gasteiger partial charge in [0.2, 0.25) is 0 Å². The summed E-state index contributed by atoms with van der Waals surface area (Å²) >= 11 is 0. The van der Waals surface area contributed by atoms with Crippen LogP contribution in [0.15, 0.2) is 182 Å². The number of anilines is 3. The van der Waals surface area contributed by atoms with E-state index in [4.69, 9.17) is 0 Å². The molecule has 1 aliphatic carbocycles. The van der Waals surface area contributed by atoms with Crippen LogP contribution in [0.25, 0.3) is 82.4 Å². The Kier molecular flexibility index (Phi) is 6.72. The average molecular weight is 689 g/mol. The van der Waals surface area contributed by atoms with Gasteiger partial charge in [0, 0.05) is 27.8 Å². The maximum atomic E-state index is 2.44. The van der Waals surface area contributed by atoms with Crippen LogP contribution in [0, 0.1) is 13.8 Å². The van der Waals surface area contributed by atoms with E-state index in [-0.39, 0.29) is 0 Å². The van der Waals surface area contributed by atoms with Crippen molar-refractivity contribution in [3.05, 3.63) is 193 Å². The largest absolute Gasteiger partial charge is 0.310 e. The SMILES string of the molecule is Cc1cccc(C)c1N(c1cccc(-c2ccccc2)c1)c1ccc2cc3c(cc2c1)-c1cc2cc(-n4c5ccccc5c5ccccc54)ccc2cc1-3. The van der Waals surface area contributed by atoms with Gasteiger partial charge in [0.15, 0.2) is 0 Å². The molecule has 1 aliphatic rings. The van der Waals surface area contributed by atoms with E-state index in [1.807, 2.05) is 0 Å². The summed E-state index contributed by atoms with van der Waals surface area (Å²) in [6, 6.07) is 67.1. The molecule has 0 unspecified atom stereocenters. The van der Waals surface area contributed by atoms with E-state index < -0.39 is 0 Å². The maximum Gasteiger partial charge on any atom is 0.0541 e. The number of para-hydroxylation sites is 3. The van der Waals surface area contributed by atoms with Gasteiger partial charge >= 0.3 is 0 Å². The highest BCUT2D eigenvalue weighted by Gasteiger charge is 2.25. The molecule has 9 aromatic carbocycles. The Morgan fingerprint density at radius 1 is 0.370 bits per heavy atom. The molecule has 54 heavy (non-hydrogen) atoms. The molecule has 2 heteroatoms. The minimum Gasteiger partial charge on any atom is -0.310 e. The normalized spacial score (nSPS) is 11.9. The van der Waals surface area contributed by atoms with Gasteiger partial charge in [-0.25, -0.2) is 0 Å². The second-order valence-electron chi connectivity index (χ2n) is 14.7. The molecule has 1 heterocycles. The van der Waals surface area contributed by atoms with Crippen LogP contribution < -0.4 is 4.90 Å². The van der Waals surface area contributed by atoms with E-state index in [2.05, 4.69) is 205 Å². The maximum absolute atomic E-state index is 2.44. The first-order chi connectivity index (χ1) is 26.6. The fourth-order valence-corrected chi connectivity index (χ4v) is 8.90. The molecule has 1 aromatic heterocycles. The standard InChI is InChI=1S/C52H36N2/c1-33-12-10-13-34(2)52(33)53(41-17-11-16-36(26-41)35-14-4-3-5-15-35)42-24-22-37-29-46-47-30-38-23-25-43(28-40(38)32-49(47)48(46)31-39(37)27-42)54-50-20-8-6-18-44(50)45-19-7-9-21-51(45)54/h3-32H,1-2H3. The Morgan fingerprint density at radius 2 is 0.889 bits per heavy atom. The highest BCUT2D eigenvalue weighted by molar-refractivity contribution is 6.13. The van der Waals surface area contributed by atoms with Crippen molar-refractivity contribution in [3.8, 4) is 39.1 Å². The predicted octanol–water partition coefficient (Wildman–Crippen LogP) is 14.5. The first-order valence-electron chi connectivity index (χ1n) is 18.8. The van der Waals surface area contributed by atoms with E-state index in [1.54, 1.807) is 0 Å². The lowest BCUT2D eigenvalue weighted by molar-refractivity contribution is 1.19. The van der Waals surface area contributed by atoms with Gasteiger partial charge in [0.25, 0.3) is 0 Å². The predicted molar refractivity (Wildman–Crippen MR) is 230 cm³/mol. The summed E-state index contributed by atoms with van der Waals surface area (Å²) in [4.78, 5) is 2.44. The molecule has 0 bridgehead atoms. The second-order valence-corrected chi connectivity index (χ2v) is 14.7.